The van der Waals surface area contributed by atoms with Gasteiger partial charge in [0.1, 0.15) is 5.58 Å². The number of halogens is 1. The Labute approximate surface area is 215 Å². The van der Waals surface area contributed by atoms with Crippen LogP contribution in [0.4, 0.5) is 0 Å². The highest BCUT2D eigenvalue weighted by molar-refractivity contribution is 9.10. The number of benzene rings is 5. The van der Waals surface area contributed by atoms with Crippen LogP contribution in [0, 0.1) is 0 Å². The molecule has 7 aromatic rings. The normalized spacial score (nSPS) is 17.1. The molecule has 1 unspecified atom stereocenters. The minimum Gasteiger partial charge on any atom is -0.439 e. The lowest BCUT2D eigenvalue weighted by Crippen LogP contribution is -2.33. The van der Waals surface area contributed by atoms with Crippen LogP contribution >= 0.6 is 15.9 Å². The zero-order chi connectivity index (χ0) is 23.6. The van der Waals surface area contributed by atoms with Crippen molar-refractivity contribution in [3.05, 3.63) is 136 Å². The van der Waals surface area contributed by atoms with Gasteiger partial charge in [0, 0.05) is 15.2 Å². The predicted octanol–water partition coefficient (Wildman–Crippen LogP) is 8.97. The van der Waals surface area contributed by atoms with Gasteiger partial charge in [0.15, 0.2) is 0 Å². The van der Waals surface area contributed by atoms with E-state index >= 15 is 0 Å². The van der Waals surface area contributed by atoms with Crippen molar-refractivity contribution in [2.24, 2.45) is 0 Å². The van der Waals surface area contributed by atoms with Gasteiger partial charge in [-0.2, -0.15) is 0 Å². The molecule has 0 amide bonds. The second-order valence-electron chi connectivity index (χ2n) is 9.82. The molecule has 3 heteroatoms. The van der Waals surface area contributed by atoms with Gasteiger partial charge in [-0.05, 0) is 57.6 Å². The van der Waals surface area contributed by atoms with E-state index in [2.05, 4.69) is 124 Å². The fourth-order valence-electron chi connectivity index (χ4n) is 7.03. The Morgan fingerprint density at radius 3 is 2.28 bits per heavy atom. The number of para-hydroxylation sites is 3. The lowest BCUT2D eigenvalue weighted by molar-refractivity contribution is 0.639. The molecule has 9 rings (SSSR count). The monoisotopic (exact) mass is 523 g/mol. The molecule has 0 saturated heterocycles. The number of rotatable bonds is 0. The minimum atomic E-state index is -0.409. The second-order valence-corrected chi connectivity index (χ2v) is 10.7. The maximum atomic E-state index is 6.57. The first kappa shape index (κ1) is 19.1. The van der Waals surface area contributed by atoms with Crippen LogP contribution < -0.4 is 0 Å². The fraction of sp³-hybridized carbons (Fsp3) is 0.0303. The zero-order valence-electron chi connectivity index (χ0n) is 19.1. The van der Waals surface area contributed by atoms with Crippen molar-refractivity contribution in [2.45, 2.75) is 5.41 Å². The van der Waals surface area contributed by atoms with Crippen molar-refractivity contribution in [3.63, 3.8) is 0 Å². The van der Waals surface area contributed by atoms with E-state index in [0.717, 1.165) is 21.2 Å². The Balaban J connectivity index is 1.59. The highest BCUT2D eigenvalue weighted by Gasteiger charge is 2.51. The lowest BCUT2D eigenvalue weighted by Gasteiger charge is -2.39. The third kappa shape index (κ3) is 2.00. The van der Waals surface area contributed by atoms with Crippen LogP contribution in [0.1, 0.15) is 22.3 Å². The maximum absolute atomic E-state index is 6.57. The van der Waals surface area contributed by atoms with Crippen molar-refractivity contribution in [1.82, 2.24) is 4.57 Å². The number of nitrogens with zero attached hydrogens (tertiary/aromatic N) is 1. The summed E-state index contributed by atoms with van der Waals surface area (Å²) < 4.78 is 10.0. The summed E-state index contributed by atoms with van der Waals surface area (Å²) in [5.41, 5.74) is 11.7. The topological polar surface area (TPSA) is 18.1 Å². The smallest absolute Gasteiger partial charge is 0.213 e. The molecule has 0 radical (unpaired) electrons. The quantitative estimate of drug-likeness (QED) is 0.194. The van der Waals surface area contributed by atoms with Crippen molar-refractivity contribution in [1.29, 1.82) is 0 Å². The first-order valence-electron chi connectivity index (χ1n) is 12.2. The molecule has 5 aromatic carbocycles. The number of aromatic nitrogens is 1. The van der Waals surface area contributed by atoms with Gasteiger partial charge in [0.25, 0.3) is 0 Å². The van der Waals surface area contributed by atoms with Gasteiger partial charge in [-0.3, -0.25) is 4.57 Å². The lowest BCUT2D eigenvalue weighted by atomic mass is 9.65. The van der Waals surface area contributed by atoms with E-state index in [1.54, 1.807) is 0 Å². The summed E-state index contributed by atoms with van der Waals surface area (Å²) in [6.07, 6.45) is 0. The number of hydrogen-bond donors (Lipinski definition) is 0. The largest absolute Gasteiger partial charge is 0.439 e. The van der Waals surface area contributed by atoms with Crippen LogP contribution in [0.2, 0.25) is 0 Å². The Morgan fingerprint density at radius 2 is 1.33 bits per heavy atom. The van der Waals surface area contributed by atoms with Crippen LogP contribution in [0.3, 0.4) is 0 Å². The Bertz CT molecular complexity index is 2080. The molecule has 1 aliphatic carbocycles. The van der Waals surface area contributed by atoms with Gasteiger partial charge in [-0.1, -0.05) is 101 Å². The molecule has 0 saturated carbocycles. The average molecular weight is 524 g/mol. The van der Waals surface area contributed by atoms with Crippen molar-refractivity contribution < 1.29 is 4.42 Å². The van der Waals surface area contributed by atoms with Crippen molar-refractivity contribution in [2.75, 3.05) is 0 Å². The average Bonchev–Trinajstić information content (AvgIpc) is 3.54. The van der Waals surface area contributed by atoms with Crippen LogP contribution in [0.15, 0.2) is 118 Å². The molecule has 2 aliphatic rings. The van der Waals surface area contributed by atoms with Gasteiger partial charge < -0.3 is 4.42 Å². The summed E-state index contributed by atoms with van der Waals surface area (Å²) >= 11 is 3.80. The number of furan rings is 1. The molecule has 36 heavy (non-hydrogen) atoms. The Morgan fingerprint density at radius 1 is 0.611 bits per heavy atom. The summed E-state index contributed by atoms with van der Waals surface area (Å²) in [5.74, 6) is 0. The molecule has 0 fully saturated rings. The summed E-state index contributed by atoms with van der Waals surface area (Å²) in [6, 6.07) is 39.7. The van der Waals surface area contributed by atoms with Crippen LogP contribution in [-0.2, 0) is 5.41 Å². The van der Waals surface area contributed by atoms with Crippen LogP contribution in [-0.4, -0.2) is 4.57 Å². The molecule has 1 aliphatic heterocycles. The first-order chi connectivity index (χ1) is 17.8. The van der Waals surface area contributed by atoms with E-state index < -0.39 is 5.41 Å². The van der Waals surface area contributed by atoms with E-state index in [-0.39, 0.29) is 0 Å². The fourth-order valence-corrected chi connectivity index (χ4v) is 7.39. The van der Waals surface area contributed by atoms with Crippen LogP contribution in [0.25, 0.3) is 49.8 Å². The summed E-state index contributed by atoms with van der Waals surface area (Å²) in [4.78, 5) is 0. The van der Waals surface area contributed by atoms with Gasteiger partial charge in [0.2, 0.25) is 5.71 Å². The second kappa shape index (κ2) is 6.37. The van der Waals surface area contributed by atoms with E-state index in [0.29, 0.717) is 0 Å². The molecule has 0 bridgehead atoms. The molecule has 2 aromatic heterocycles. The van der Waals surface area contributed by atoms with Gasteiger partial charge in [-0.25, -0.2) is 0 Å². The molecule has 3 heterocycles. The minimum absolute atomic E-state index is 0.409. The number of hydrogen-bond acceptors (Lipinski definition) is 1. The SMILES string of the molecule is Brc1ccc2c(c1)C1(c3ccccc3-2)c2ccccc2-n2c3oc4ccccc4c3c3cccc1c32. The van der Waals surface area contributed by atoms with Gasteiger partial charge >= 0.3 is 0 Å². The standard InChI is InChI=1S/C33H18BrNO/c34-19-16-17-21-20-8-1-3-11-24(20)33(27(21)18-19)25-12-4-5-14-28(25)35-31-23(10-7-13-26(31)33)30-22-9-2-6-15-29(22)36-32(30)35/h1-18H. The molecule has 1 atom stereocenters. The summed E-state index contributed by atoms with van der Waals surface area (Å²) in [6.45, 7) is 0. The molecule has 0 N–H and O–H groups in total. The third-order valence-corrected chi connectivity index (χ3v) is 8.76. The molecule has 168 valence electrons. The molecular weight excluding hydrogens is 506 g/mol. The van der Waals surface area contributed by atoms with Gasteiger partial charge in [0.05, 0.1) is 22.0 Å². The Hall–Kier alpha value is -4.08. The summed E-state index contributed by atoms with van der Waals surface area (Å²) in [5, 5.41) is 3.59. The maximum Gasteiger partial charge on any atom is 0.213 e. The van der Waals surface area contributed by atoms with E-state index in [1.165, 1.54) is 55.4 Å². The first-order valence-corrected chi connectivity index (χ1v) is 13.0. The van der Waals surface area contributed by atoms with Crippen molar-refractivity contribution in [3.8, 4) is 16.8 Å². The van der Waals surface area contributed by atoms with E-state index in [1.807, 2.05) is 6.07 Å². The Kier molecular flexibility index (Phi) is 3.39. The third-order valence-electron chi connectivity index (χ3n) is 8.27. The highest BCUT2D eigenvalue weighted by Crippen LogP contribution is 2.61. The predicted molar refractivity (Wildman–Crippen MR) is 149 cm³/mol. The summed E-state index contributed by atoms with van der Waals surface area (Å²) in [7, 11) is 0. The zero-order valence-corrected chi connectivity index (χ0v) is 20.7. The van der Waals surface area contributed by atoms with E-state index in [9.17, 15) is 0 Å². The van der Waals surface area contributed by atoms with Crippen molar-refractivity contribution >= 4 is 48.9 Å². The highest BCUT2D eigenvalue weighted by atomic mass is 79.9. The number of fused-ring (bicyclic) bond motifs is 14. The van der Waals surface area contributed by atoms with Crippen LogP contribution in [0.5, 0.6) is 0 Å². The molecule has 1 spiro atoms. The van der Waals surface area contributed by atoms with Gasteiger partial charge in [-0.15, -0.1) is 0 Å². The van der Waals surface area contributed by atoms with E-state index in [4.69, 9.17) is 4.42 Å². The molecule has 2 nitrogen and oxygen atoms in total. The molecular formula is C33H18BrNO.